The molecule has 0 saturated carbocycles. The van der Waals surface area contributed by atoms with Gasteiger partial charge in [0.05, 0.1) is 46.2 Å². The van der Waals surface area contributed by atoms with Crippen molar-refractivity contribution in [3.05, 3.63) is 0 Å². The first kappa shape index (κ1) is 65.1. The van der Waals surface area contributed by atoms with Crippen LogP contribution in [0.5, 0.6) is 0 Å². The lowest BCUT2D eigenvalue weighted by atomic mass is 9.95. The number of hydrogen-bond donors (Lipinski definition) is 22. The van der Waals surface area contributed by atoms with E-state index in [4.69, 9.17) is 66.3 Å². The van der Waals surface area contributed by atoms with E-state index in [2.05, 4.69) is 0 Å². The first-order valence-corrected chi connectivity index (χ1v) is 25.0. The number of hydrogen-bond acceptors (Lipinski definition) is 36. The summed E-state index contributed by atoms with van der Waals surface area (Å²) in [7, 11) is 1.11. The molecule has 35 atom stereocenters. The summed E-state index contributed by atoms with van der Waals surface area (Å²) < 4.78 is 77.9. The smallest absolute Gasteiger partial charge is 0.187 e. The van der Waals surface area contributed by atoms with Gasteiger partial charge < -0.3 is 179 Å². The van der Waals surface area contributed by atoms with Crippen molar-refractivity contribution in [2.75, 3.05) is 53.4 Å². The van der Waals surface area contributed by atoms with E-state index in [9.17, 15) is 112 Å². The van der Waals surface area contributed by atoms with Gasteiger partial charge in [-0.05, 0) is 0 Å². The average Bonchev–Trinajstić information content (AvgIpc) is 3.49. The third kappa shape index (κ3) is 13.5. The highest BCUT2D eigenvalue weighted by Gasteiger charge is 2.58. The molecule has 462 valence electrons. The number of methoxy groups -OCH3 is 1. The molecule has 7 aliphatic heterocycles. The minimum Gasteiger partial charge on any atom is -0.394 e. The van der Waals surface area contributed by atoms with Gasteiger partial charge in [-0.25, -0.2) is 0 Å². The lowest BCUT2D eigenvalue weighted by molar-refractivity contribution is -0.395. The van der Waals surface area contributed by atoms with Crippen LogP contribution < -0.4 is 0 Å². The molecule has 7 heterocycles. The SMILES string of the molecule is CO[C@@H]1C(O)[C@H](O[C@@H]2C(O)[C@H](O[C@@H]3C(O)[C@H](O[C@@H]4C(O)[C@H](O)OC(CO)[C@@H]4O)OC(CO[C@@H]4OC(CO)[C@H](O)[C@H](O[C@@H]5OC(CO)[C@H](O)[C@H](O[C@@H]6OC(CO)[C@H](O)[C@H](O)C6O)C5O)C4O)[C@@H]3O)OC(CO)[C@@H]2O)OC(CO)[C@@H]1O. The molecule has 7 saturated heterocycles. The van der Waals surface area contributed by atoms with E-state index in [1.54, 1.807) is 0 Å². The van der Waals surface area contributed by atoms with Crippen LogP contribution in [-0.2, 0) is 66.3 Å². The Morgan fingerprint density at radius 2 is 0.506 bits per heavy atom. The Kier molecular flexibility index (Phi) is 23.2. The fourth-order valence-corrected chi connectivity index (χ4v) is 10.1. The van der Waals surface area contributed by atoms with E-state index in [1.165, 1.54) is 0 Å². The third-order valence-electron chi connectivity index (χ3n) is 14.8. The van der Waals surface area contributed by atoms with Crippen molar-refractivity contribution in [1.82, 2.24) is 0 Å². The van der Waals surface area contributed by atoms with Crippen molar-refractivity contribution in [2.45, 2.75) is 215 Å². The van der Waals surface area contributed by atoms with Gasteiger partial charge in [0.2, 0.25) is 0 Å². The summed E-state index contributed by atoms with van der Waals surface area (Å²) in [5.74, 6) is 0. The summed E-state index contributed by atoms with van der Waals surface area (Å²) in [6.45, 7) is -6.77. The molecular formula is C43H74O36. The van der Waals surface area contributed by atoms with Crippen LogP contribution in [0.3, 0.4) is 0 Å². The van der Waals surface area contributed by atoms with Crippen LogP contribution in [0, 0.1) is 0 Å². The number of ether oxygens (including phenoxy) is 14. The van der Waals surface area contributed by atoms with E-state index in [0.29, 0.717) is 0 Å². The Bertz CT molecular complexity index is 1830. The molecule has 36 nitrogen and oxygen atoms in total. The maximum absolute atomic E-state index is 11.9. The zero-order chi connectivity index (χ0) is 58.1. The Labute approximate surface area is 446 Å². The van der Waals surface area contributed by atoms with Crippen molar-refractivity contribution in [1.29, 1.82) is 0 Å². The van der Waals surface area contributed by atoms with Crippen molar-refractivity contribution in [2.24, 2.45) is 0 Å². The summed E-state index contributed by atoms with van der Waals surface area (Å²) in [5.41, 5.74) is 0. The molecule has 7 aliphatic rings. The van der Waals surface area contributed by atoms with Crippen LogP contribution in [0.1, 0.15) is 0 Å². The van der Waals surface area contributed by atoms with Gasteiger partial charge in [-0.2, -0.15) is 0 Å². The van der Waals surface area contributed by atoms with Crippen LogP contribution in [0.4, 0.5) is 0 Å². The number of aliphatic hydroxyl groups excluding tert-OH is 22. The van der Waals surface area contributed by atoms with Gasteiger partial charge in [-0.3, -0.25) is 0 Å². The Hall–Kier alpha value is -1.44. The van der Waals surface area contributed by atoms with Crippen molar-refractivity contribution in [3.63, 3.8) is 0 Å². The molecule has 0 aromatic heterocycles. The van der Waals surface area contributed by atoms with E-state index in [0.717, 1.165) is 7.11 Å². The Morgan fingerprint density at radius 1 is 0.253 bits per heavy atom. The zero-order valence-corrected chi connectivity index (χ0v) is 41.7. The minimum atomic E-state index is -2.31. The first-order valence-electron chi connectivity index (χ1n) is 25.0. The van der Waals surface area contributed by atoms with E-state index in [-0.39, 0.29) is 0 Å². The van der Waals surface area contributed by atoms with Gasteiger partial charge in [0.1, 0.15) is 171 Å². The van der Waals surface area contributed by atoms with Gasteiger partial charge in [0.25, 0.3) is 0 Å². The fraction of sp³-hybridized carbons (Fsp3) is 1.00. The van der Waals surface area contributed by atoms with Crippen LogP contribution in [0.2, 0.25) is 0 Å². The van der Waals surface area contributed by atoms with Gasteiger partial charge >= 0.3 is 0 Å². The number of rotatable bonds is 20. The topological polar surface area (TPSA) is 574 Å². The van der Waals surface area contributed by atoms with Crippen molar-refractivity contribution in [3.8, 4) is 0 Å². The molecule has 7 fully saturated rings. The molecule has 0 spiro atoms. The largest absolute Gasteiger partial charge is 0.394 e. The molecule has 79 heavy (non-hydrogen) atoms. The zero-order valence-electron chi connectivity index (χ0n) is 41.7. The van der Waals surface area contributed by atoms with Gasteiger partial charge in [0, 0.05) is 7.11 Å². The first-order chi connectivity index (χ1) is 37.5. The second-order valence-electron chi connectivity index (χ2n) is 19.8. The molecule has 22 N–H and O–H groups in total. The summed E-state index contributed by atoms with van der Waals surface area (Å²) in [4.78, 5) is 0. The minimum absolute atomic E-state index is 0.830. The van der Waals surface area contributed by atoms with Gasteiger partial charge in [-0.15, -0.1) is 0 Å². The molecule has 7 rings (SSSR count). The summed E-state index contributed by atoms with van der Waals surface area (Å²) in [5, 5.41) is 236. The lowest BCUT2D eigenvalue weighted by Crippen LogP contribution is -2.68. The van der Waals surface area contributed by atoms with Crippen LogP contribution in [0.25, 0.3) is 0 Å². The quantitative estimate of drug-likeness (QED) is 0.0538. The average molecular weight is 1170 g/mol. The molecule has 0 amide bonds. The maximum Gasteiger partial charge on any atom is 0.187 e. The lowest BCUT2D eigenvalue weighted by Gasteiger charge is -2.49. The van der Waals surface area contributed by atoms with Crippen molar-refractivity contribution < 1.29 is 179 Å². The molecule has 0 aromatic carbocycles. The second-order valence-corrected chi connectivity index (χ2v) is 19.8. The Balaban J connectivity index is 1.11. The summed E-state index contributed by atoms with van der Waals surface area (Å²) in [6.07, 6.45) is -68.3. The molecule has 0 aliphatic carbocycles. The predicted molar refractivity (Wildman–Crippen MR) is 237 cm³/mol. The molecule has 14 unspecified atom stereocenters. The summed E-state index contributed by atoms with van der Waals surface area (Å²) in [6, 6.07) is 0. The van der Waals surface area contributed by atoms with Crippen LogP contribution in [-0.4, -0.2) is 381 Å². The number of aliphatic hydroxyl groups is 22. The second kappa shape index (κ2) is 28.2. The van der Waals surface area contributed by atoms with Crippen LogP contribution >= 0.6 is 0 Å². The monoisotopic (exact) mass is 1170 g/mol. The Morgan fingerprint density at radius 3 is 0.861 bits per heavy atom. The molecule has 0 radical (unpaired) electrons. The van der Waals surface area contributed by atoms with Crippen LogP contribution in [0.15, 0.2) is 0 Å². The predicted octanol–water partition coefficient (Wildman–Crippen LogP) is -15.6. The third-order valence-corrected chi connectivity index (χ3v) is 14.8. The highest BCUT2D eigenvalue weighted by Crippen LogP contribution is 2.37. The molecule has 36 heteroatoms. The van der Waals surface area contributed by atoms with E-state index >= 15 is 0 Å². The molecule has 0 aromatic rings. The van der Waals surface area contributed by atoms with Gasteiger partial charge in [0.15, 0.2) is 44.0 Å². The van der Waals surface area contributed by atoms with E-state index in [1.807, 2.05) is 0 Å². The van der Waals surface area contributed by atoms with Gasteiger partial charge in [-0.1, -0.05) is 0 Å². The maximum atomic E-state index is 11.9. The molecule has 0 bridgehead atoms. The normalized spacial score (nSPS) is 53.0. The highest BCUT2D eigenvalue weighted by atomic mass is 16.8. The standard InChI is InChI=1S/C43H74O36/c1-66-31-17(51)11(4-46)71-40(26(31)60)78-35-21(55)14(7-49)73-42(29(35)63)79-36-22(56)15(74-43(30(36)64)75-32-18(52)10(3-45)68-37(65)25(32)59)8-67-38-27(61)33(19(53)12(5-47)69-38)77-41-28(62)34(20(54)13(6-48)72-41)76-39-24(58)23(57)16(50)9(2-44)70-39/h9-65H,2-8H2,1H3/t9?,10?,11?,12?,13?,14?,15?,16-,17-,18-,19-,20-,21-,22-,23-,24?,25?,26?,27?,28?,29?,30?,31-,32-,33-,34-,35-,36-,37+,38+,39-,40-,41-,42-,43-/m0/s1. The van der Waals surface area contributed by atoms with E-state index < -0.39 is 261 Å². The highest BCUT2D eigenvalue weighted by molar-refractivity contribution is 5.00. The molecular weight excluding hydrogens is 1090 g/mol. The fourth-order valence-electron chi connectivity index (χ4n) is 10.1. The van der Waals surface area contributed by atoms with Crippen molar-refractivity contribution >= 4 is 0 Å². The summed E-state index contributed by atoms with van der Waals surface area (Å²) >= 11 is 0.